The second-order valence-corrected chi connectivity index (χ2v) is 29.3. The summed E-state index contributed by atoms with van der Waals surface area (Å²) in [6, 6.07) is 13.2. The molecule has 2 aromatic carbocycles. The van der Waals surface area contributed by atoms with Crippen LogP contribution in [0.15, 0.2) is 145 Å². The average Bonchev–Trinajstić information content (AvgIpc) is 0.668. The van der Waals surface area contributed by atoms with E-state index < -0.39 is 188 Å². The zero-order valence-electron chi connectivity index (χ0n) is 67.0. The number of hydrogen-bond acceptors (Lipinski definition) is 22. The monoisotopic (exact) mass is 1600 g/mol. The number of benzene rings is 2. The number of esters is 5. The van der Waals surface area contributed by atoms with E-state index in [2.05, 4.69) is 111 Å². The Bertz CT molecular complexity index is 3970. The Morgan fingerprint density at radius 3 is 1.76 bits per heavy atom. The highest BCUT2D eigenvalue weighted by molar-refractivity contribution is 5.97. The molecule has 2 bridgehead atoms. The van der Waals surface area contributed by atoms with Crippen molar-refractivity contribution in [2.24, 2.45) is 16.7 Å². The number of hydrogen-bond donors (Lipinski definition) is 9. The van der Waals surface area contributed by atoms with Crippen LogP contribution in [0, 0.1) is 29.1 Å². The van der Waals surface area contributed by atoms with Crippen LogP contribution in [0.1, 0.15) is 179 Å². The maximum atomic E-state index is 15.8. The van der Waals surface area contributed by atoms with Crippen molar-refractivity contribution in [1.82, 2.24) is 37.2 Å². The molecule has 12 atom stereocenters. The summed E-state index contributed by atoms with van der Waals surface area (Å²) in [5, 5.41) is 44.2. The first-order valence-electron chi connectivity index (χ1n) is 39.2. The second kappa shape index (κ2) is 46.6. The van der Waals surface area contributed by atoms with E-state index >= 15 is 9.59 Å². The van der Waals surface area contributed by atoms with Gasteiger partial charge in [-0.15, -0.1) is 12.3 Å². The third-order valence-corrected chi connectivity index (χ3v) is 20.7. The maximum Gasteiger partial charge on any atom is 0.350 e. The first kappa shape index (κ1) is 93.2. The number of carbonyl (C=O) groups is 13. The van der Waals surface area contributed by atoms with Crippen molar-refractivity contribution in [3.8, 4) is 12.3 Å². The summed E-state index contributed by atoms with van der Waals surface area (Å²) >= 11 is 0. The van der Waals surface area contributed by atoms with E-state index in [0.717, 1.165) is 52.4 Å². The van der Waals surface area contributed by atoms with Crippen molar-refractivity contribution >= 4 is 77.0 Å². The number of nitrogens with one attached hydrogen (secondary N) is 7. The number of ether oxygens (including phenoxy) is 7. The molecule has 115 heavy (non-hydrogen) atoms. The summed E-state index contributed by atoms with van der Waals surface area (Å²) in [5.41, 5.74) is -8.38. The molecule has 29 heteroatoms. The van der Waals surface area contributed by atoms with Gasteiger partial charge in [0.15, 0.2) is 17.5 Å². The van der Waals surface area contributed by atoms with E-state index in [4.69, 9.17) is 39.6 Å². The van der Waals surface area contributed by atoms with Crippen LogP contribution >= 0.6 is 0 Å². The summed E-state index contributed by atoms with van der Waals surface area (Å²) in [4.78, 5) is 177. The number of ketones is 1. The Morgan fingerprint density at radius 1 is 0.652 bits per heavy atom. The van der Waals surface area contributed by atoms with Gasteiger partial charge in [-0.1, -0.05) is 137 Å². The minimum Gasteiger partial charge on any atom is -0.455 e. The minimum atomic E-state index is -2.56. The Hall–Kier alpha value is -10.7. The van der Waals surface area contributed by atoms with Crippen LogP contribution in [-0.4, -0.2) is 200 Å². The molecule has 1 heterocycles. The van der Waals surface area contributed by atoms with Crippen molar-refractivity contribution in [1.29, 1.82) is 0 Å². The summed E-state index contributed by atoms with van der Waals surface area (Å²) < 4.78 is 41.7. The van der Waals surface area contributed by atoms with Crippen molar-refractivity contribution in [3.63, 3.8) is 0 Å². The molecule has 0 aromatic heterocycles. The molecular formula is C86H113N7O22. The van der Waals surface area contributed by atoms with E-state index in [1.54, 1.807) is 43.3 Å². The van der Waals surface area contributed by atoms with Gasteiger partial charge in [0.25, 0.3) is 5.91 Å². The number of allylic oxidation sites excluding steroid dienone is 12. The third-order valence-electron chi connectivity index (χ3n) is 20.7. The number of Topliss-reactive ketones (excluding diaryl/α,β-unsaturated/α-hetero) is 1. The first-order chi connectivity index (χ1) is 55.0. The lowest BCUT2D eigenvalue weighted by molar-refractivity contribution is -0.346. The van der Waals surface area contributed by atoms with Gasteiger partial charge in [0.05, 0.1) is 55.3 Å². The fraction of sp³-hybridized carbons (Fsp3) is 0.523. The first-order valence-corrected chi connectivity index (χ1v) is 39.2. The molecule has 7 amide bonds. The van der Waals surface area contributed by atoms with Gasteiger partial charge >= 0.3 is 29.8 Å². The quantitative estimate of drug-likeness (QED) is 0.0113. The molecule has 9 N–H and O–H groups in total. The molecular weight excluding hydrogens is 1480 g/mol. The lowest BCUT2D eigenvalue weighted by Crippen LogP contribution is -2.82. The lowest BCUT2D eigenvalue weighted by atomic mass is 9.44. The lowest BCUT2D eigenvalue weighted by Gasteiger charge is -2.67. The smallest absolute Gasteiger partial charge is 0.350 e. The van der Waals surface area contributed by atoms with Crippen LogP contribution in [0.25, 0.3) is 0 Å². The second-order valence-electron chi connectivity index (χ2n) is 29.3. The number of carbonyl (C=O) groups excluding carboxylic acids is 13. The molecule has 0 unspecified atom stereocenters. The molecule has 0 radical (unpaired) electrons. The third kappa shape index (κ3) is 27.0. The number of rotatable bonds is 45. The summed E-state index contributed by atoms with van der Waals surface area (Å²) in [6.07, 6.45) is 27.3. The number of amides is 7. The zero-order chi connectivity index (χ0) is 84.1. The molecule has 1 aliphatic heterocycles. The van der Waals surface area contributed by atoms with E-state index in [9.17, 15) is 63.0 Å². The van der Waals surface area contributed by atoms with Gasteiger partial charge in [0, 0.05) is 63.6 Å². The Balaban J connectivity index is 1.00. The van der Waals surface area contributed by atoms with E-state index in [1.807, 2.05) is 12.2 Å². The number of aliphatic hydroxyl groups is 2. The van der Waals surface area contributed by atoms with Gasteiger partial charge in [-0.3, -0.25) is 47.9 Å². The van der Waals surface area contributed by atoms with E-state index in [1.165, 1.54) is 52.0 Å². The molecule has 2 saturated carbocycles. The fourth-order valence-corrected chi connectivity index (χ4v) is 14.5. The Labute approximate surface area is 672 Å². The SMILES string of the molecule is C#CCCCNC(=O)[C@H](CCCCNC(=O)CNC(=O)CNC(=O)CNC(=O)COCC(=O)O[C@@H](C(=O)O[C@H]1C[C@@]2(O)[C@@H](OC(=O)c3ccccc3)[C@@H]3[C@]4(OC(C)=O)CO[C@@H]4C[C@H](O)[C@@]3(C)C(=O)[C@H](OC(C)=O)C(=C1C)C2(C)C)[C@H](CC)NC(=O)c1ccccc1)NC(=O)CC/C=C\C/C=C\C/C=C\C/C=C\C/C=C\C/C=C\CC. The van der Waals surface area contributed by atoms with Gasteiger partial charge in [-0.05, 0) is 126 Å². The van der Waals surface area contributed by atoms with Crippen LogP contribution in [0.4, 0.5) is 0 Å². The van der Waals surface area contributed by atoms with Crippen molar-refractivity contribution < 1.29 is 106 Å². The van der Waals surface area contributed by atoms with Gasteiger partial charge in [0.2, 0.25) is 41.5 Å². The van der Waals surface area contributed by atoms with Crippen LogP contribution in [-0.2, 0) is 85.9 Å². The predicted octanol–water partition coefficient (Wildman–Crippen LogP) is 6.47. The summed E-state index contributed by atoms with van der Waals surface area (Å²) in [5.74, 6) is -9.98. The molecule has 624 valence electrons. The number of fused-ring (bicyclic) bond motifs is 5. The predicted molar refractivity (Wildman–Crippen MR) is 424 cm³/mol. The van der Waals surface area contributed by atoms with Crippen LogP contribution < -0.4 is 37.2 Å². The average molecular weight is 1600 g/mol. The molecule has 3 fully saturated rings. The van der Waals surface area contributed by atoms with E-state index in [0.29, 0.717) is 38.6 Å². The molecule has 29 nitrogen and oxygen atoms in total. The standard InChI is InChI=1S/C86H113N7O22/c1-10-13-15-16-17-18-19-20-21-22-23-24-25-26-27-28-29-30-37-46-67(97)92-63(80(105)88-48-39-14-11-2)45-38-40-47-87-68(98)51-89-69(99)52-90-70(100)53-91-71(101)54-109-55-72(102)113-74(62(12-3)93-79(104)60-41-33-31-34-42-60)82(107)112-64-50-86(108)78(114-81(106)61-43-35-32-36-44-61)76-84(9,65(96)49-66-85(76,56-110-66)115-59(6)95)77(103)75(111-58(5)94)73(57(64)4)83(86,7)8/h2,13,15,17-18,20-21,23-24,26-27,29-36,41-44,62-66,74-76,78,96,108H,10,12,14,16,19,22,25,28,37-40,45-56H2,1,3-9H3,(H,87,98)(H,88,105)(H,89,99)(H,90,100)(H,91,101)(H,92,97)(H,93,104)/b15-13-,18-17-,21-20-,24-23-,27-26-,30-29-/t62-,63-,64-,65-,66+,74+,75+,76-,78-,84+,85-,86+/m0/s1. The molecule has 1 saturated heterocycles. The molecule has 3 aliphatic carbocycles. The van der Waals surface area contributed by atoms with Gasteiger partial charge < -0.3 is 80.6 Å². The van der Waals surface area contributed by atoms with Gasteiger partial charge in [-0.2, -0.15) is 0 Å². The molecule has 6 rings (SSSR count). The maximum absolute atomic E-state index is 15.8. The molecule has 2 aromatic rings. The number of unbranched alkanes of at least 4 members (excludes halogenated alkanes) is 2. The fourth-order valence-electron chi connectivity index (χ4n) is 14.5. The highest BCUT2D eigenvalue weighted by atomic mass is 16.6. The number of aliphatic hydroxyl groups excluding tert-OH is 1. The topological polar surface area (TPSA) is 411 Å². The minimum absolute atomic E-state index is 0.0112. The Morgan fingerprint density at radius 2 is 1.21 bits per heavy atom. The van der Waals surface area contributed by atoms with Crippen molar-refractivity contribution in [2.45, 2.75) is 218 Å². The summed E-state index contributed by atoms with van der Waals surface area (Å²) in [6.45, 7) is 8.11. The largest absolute Gasteiger partial charge is 0.455 e. The van der Waals surface area contributed by atoms with Gasteiger partial charge in [0.1, 0.15) is 43.2 Å². The molecule has 0 spiro atoms. The number of terminal acetylenes is 1. The van der Waals surface area contributed by atoms with Gasteiger partial charge in [-0.25, -0.2) is 14.4 Å². The zero-order valence-corrected chi connectivity index (χ0v) is 67.0. The normalized spacial score (nSPS) is 22.9. The van der Waals surface area contributed by atoms with E-state index in [-0.39, 0.29) is 66.3 Å². The van der Waals surface area contributed by atoms with Crippen LogP contribution in [0.3, 0.4) is 0 Å². The van der Waals surface area contributed by atoms with Crippen molar-refractivity contribution in [3.05, 3.63) is 156 Å². The van der Waals surface area contributed by atoms with Crippen LogP contribution in [0.5, 0.6) is 0 Å². The highest BCUT2D eigenvalue weighted by Gasteiger charge is 2.78. The molecule has 4 aliphatic rings. The van der Waals surface area contributed by atoms with Crippen LogP contribution in [0.2, 0.25) is 0 Å². The Kier molecular flexibility index (Phi) is 37.8. The highest BCUT2D eigenvalue weighted by Crippen LogP contribution is 2.64. The summed E-state index contributed by atoms with van der Waals surface area (Å²) in [7, 11) is 0. The van der Waals surface area contributed by atoms with Crippen molar-refractivity contribution in [2.75, 3.05) is 52.5 Å².